The van der Waals surface area contributed by atoms with Gasteiger partial charge in [-0.25, -0.2) is 0 Å². The van der Waals surface area contributed by atoms with Crippen LogP contribution in [-0.4, -0.2) is 28.3 Å². The molecule has 1 aromatic heterocycles. The number of hydrogen-bond donors (Lipinski definition) is 2. The minimum Gasteiger partial charge on any atom is -0.508 e. The van der Waals surface area contributed by atoms with Gasteiger partial charge in [0.2, 0.25) is 0 Å². The number of pyridine rings is 1. The maximum Gasteiger partial charge on any atom is 0.458 e. The Kier molecular flexibility index (Phi) is 7.07. The second-order valence-electron chi connectivity index (χ2n) is 7.67. The molecule has 1 aliphatic heterocycles. The van der Waals surface area contributed by atoms with Crippen LogP contribution in [0.3, 0.4) is 0 Å². The molecule has 5 heteroatoms. The Morgan fingerprint density at radius 3 is 2.69 bits per heavy atom. The van der Waals surface area contributed by atoms with Crippen molar-refractivity contribution in [1.82, 2.24) is 4.98 Å². The summed E-state index contributed by atoms with van der Waals surface area (Å²) < 4.78 is 5.87. The van der Waals surface area contributed by atoms with E-state index in [1.165, 1.54) is 0 Å². The van der Waals surface area contributed by atoms with Crippen LogP contribution in [-0.2, 0) is 4.65 Å². The second-order valence-corrected chi connectivity index (χ2v) is 7.67. The molecule has 0 fully saturated rings. The first-order valence-corrected chi connectivity index (χ1v) is 10.1. The highest BCUT2D eigenvalue weighted by atomic mass is 16.5. The number of allylic oxidation sites excluding steroid dienone is 2. The molecule has 2 heterocycles. The molecule has 0 saturated heterocycles. The SMILES string of the molecule is C=C(C1=CCB(O)OC1CC/C(=C/c1ccc(O)cc1)c1ccccn1)C(C)C. The molecule has 1 aromatic carbocycles. The Morgan fingerprint density at radius 1 is 1.28 bits per heavy atom. The molecular formula is C24H28BNO3. The third-order valence-electron chi connectivity index (χ3n) is 5.18. The fraction of sp³-hybridized carbons (Fsp3) is 0.292. The van der Waals surface area contributed by atoms with Crippen LogP contribution in [0.5, 0.6) is 5.75 Å². The highest BCUT2D eigenvalue weighted by Gasteiger charge is 2.29. The summed E-state index contributed by atoms with van der Waals surface area (Å²) in [5.74, 6) is 0.568. The third-order valence-corrected chi connectivity index (χ3v) is 5.18. The fourth-order valence-electron chi connectivity index (χ4n) is 3.46. The Bertz CT molecular complexity index is 888. The first-order chi connectivity index (χ1) is 13.9. The standard InChI is InChI=1S/C24H28BNO3/c1-17(2)18(3)22-13-14-25(28)29-24(22)12-9-20(23-6-4-5-15-26-23)16-19-7-10-21(27)11-8-19/h4-8,10-11,13,15-17,24,27-28H,3,9,12,14H2,1-2H3/b20-16-. The van der Waals surface area contributed by atoms with Crippen LogP contribution in [0.25, 0.3) is 11.6 Å². The fourth-order valence-corrected chi connectivity index (χ4v) is 3.46. The lowest BCUT2D eigenvalue weighted by Gasteiger charge is -2.29. The monoisotopic (exact) mass is 389 g/mol. The average molecular weight is 389 g/mol. The normalized spacial score (nSPS) is 17.4. The molecular weight excluding hydrogens is 361 g/mol. The summed E-state index contributed by atoms with van der Waals surface area (Å²) in [6.45, 7) is 8.47. The Hall–Kier alpha value is -2.63. The predicted molar refractivity (Wildman–Crippen MR) is 119 cm³/mol. The maximum atomic E-state index is 10.0. The van der Waals surface area contributed by atoms with E-state index in [9.17, 15) is 10.1 Å². The average Bonchev–Trinajstić information content (AvgIpc) is 2.72. The minimum atomic E-state index is -0.775. The van der Waals surface area contributed by atoms with Crippen molar-refractivity contribution >= 4 is 18.8 Å². The van der Waals surface area contributed by atoms with Gasteiger partial charge in [0.15, 0.2) is 0 Å². The van der Waals surface area contributed by atoms with Crippen molar-refractivity contribution in [2.45, 2.75) is 39.1 Å². The topological polar surface area (TPSA) is 62.6 Å². The number of hydrogen-bond acceptors (Lipinski definition) is 4. The molecule has 0 spiro atoms. The van der Waals surface area contributed by atoms with E-state index < -0.39 is 7.12 Å². The molecule has 0 radical (unpaired) electrons. The Labute approximate surface area is 173 Å². The van der Waals surface area contributed by atoms with Gasteiger partial charge in [-0.15, -0.1) is 0 Å². The van der Waals surface area contributed by atoms with Gasteiger partial charge in [0.05, 0.1) is 11.8 Å². The first kappa shape index (κ1) is 21.1. The van der Waals surface area contributed by atoms with Gasteiger partial charge in [-0.1, -0.05) is 44.7 Å². The van der Waals surface area contributed by atoms with Gasteiger partial charge in [-0.3, -0.25) is 4.98 Å². The summed E-state index contributed by atoms with van der Waals surface area (Å²) in [6, 6.07) is 13.0. The van der Waals surface area contributed by atoms with Gasteiger partial charge in [-0.2, -0.15) is 0 Å². The summed E-state index contributed by atoms with van der Waals surface area (Å²) in [5.41, 5.74) is 5.13. The predicted octanol–water partition coefficient (Wildman–Crippen LogP) is 5.13. The van der Waals surface area contributed by atoms with Crippen LogP contribution < -0.4 is 0 Å². The van der Waals surface area contributed by atoms with E-state index in [0.29, 0.717) is 12.2 Å². The molecule has 1 unspecified atom stereocenters. The number of phenolic OH excluding ortho intramolecular Hbond substituents is 1. The first-order valence-electron chi connectivity index (χ1n) is 10.1. The summed E-state index contributed by atoms with van der Waals surface area (Å²) in [4.78, 5) is 4.51. The second kappa shape index (κ2) is 9.72. The molecule has 4 nitrogen and oxygen atoms in total. The number of aromatic hydroxyl groups is 1. The molecule has 1 aliphatic rings. The number of benzene rings is 1. The van der Waals surface area contributed by atoms with Gasteiger partial charge in [0.1, 0.15) is 5.75 Å². The van der Waals surface area contributed by atoms with Crippen molar-refractivity contribution in [3.63, 3.8) is 0 Å². The molecule has 0 amide bonds. The van der Waals surface area contributed by atoms with Crippen molar-refractivity contribution in [2.24, 2.45) is 5.92 Å². The van der Waals surface area contributed by atoms with E-state index in [1.807, 2.05) is 30.3 Å². The molecule has 2 N–H and O–H groups in total. The van der Waals surface area contributed by atoms with Crippen molar-refractivity contribution in [3.8, 4) is 5.75 Å². The Balaban J connectivity index is 1.84. The lowest BCUT2D eigenvalue weighted by molar-refractivity contribution is 0.183. The number of phenols is 1. The van der Waals surface area contributed by atoms with Crippen molar-refractivity contribution in [3.05, 3.63) is 83.7 Å². The van der Waals surface area contributed by atoms with Gasteiger partial charge in [0, 0.05) is 12.5 Å². The Morgan fingerprint density at radius 2 is 2.03 bits per heavy atom. The van der Waals surface area contributed by atoms with E-state index in [1.54, 1.807) is 18.3 Å². The van der Waals surface area contributed by atoms with Crippen LogP contribution in [0.1, 0.15) is 37.9 Å². The zero-order chi connectivity index (χ0) is 20.8. The molecule has 0 bridgehead atoms. The lowest BCUT2D eigenvalue weighted by Crippen LogP contribution is -2.32. The van der Waals surface area contributed by atoms with Crippen LogP contribution in [0.15, 0.2) is 72.5 Å². The minimum absolute atomic E-state index is 0.194. The maximum absolute atomic E-state index is 10.0. The molecule has 0 saturated carbocycles. The summed E-state index contributed by atoms with van der Waals surface area (Å²) >= 11 is 0. The zero-order valence-corrected chi connectivity index (χ0v) is 17.1. The van der Waals surface area contributed by atoms with Crippen LogP contribution in [0.2, 0.25) is 6.32 Å². The molecule has 0 aliphatic carbocycles. The molecule has 150 valence electrons. The smallest absolute Gasteiger partial charge is 0.458 e. The van der Waals surface area contributed by atoms with Gasteiger partial charge < -0.3 is 14.8 Å². The third kappa shape index (κ3) is 5.69. The molecule has 29 heavy (non-hydrogen) atoms. The summed E-state index contributed by atoms with van der Waals surface area (Å²) in [6.07, 6.45) is 7.68. The van der Waals surface area contributed by atoms with Crippen molar-refractivity contribution < 1.29 is 14.8 Å². The van der Waals surface area contributed by atoms with Gasteiger partial charge in [0.25, 0.3) is 0 Å². The number of nitrogens with zero attached hydrogens (tertiary/aromatic N) is 1. The van der Waals surface area contributed by atoms with Gasteiger partial charge >= 0.3 is 7.12 Å². The lowest BCUT2D eigenvalue weighted by atomic mass is 9.76. The highest BCUT2D eigenvalue weighted by Crippen LogP contribution is 2.32. The number of rotatable bonds is 7. The van der Waals surface area contributed by atoms with E-state index in [2.05, 4.69) is 37.6 Å². The van der Waals surface area contributed by atoms with Crippen molar-refractivity contribution in [1.29, 1.82) is 0 Å². The van der Waals surface area contributed by atoms with E-state index >= 15 is 0 Å². The van der Waals surface area contributed by atoms with E-state index in [0.717, 1.165) is 40.8 Å². The summed E-state index contributed by atoms with van der Waals surface area (Å²) in [5, 5.41) is 19.6. The van der Waals surface area contributed by atoms with E-state index in [-0.39, 0.29) is 11.9 Å². The molecule has 3 rings (SSSR count). The highest BCUT2D eigenvalue weighted by molar-refractivity contribution is 6.43. The quantitative estimate of drug-likeness (QED) is 0.645. The van der Waals surface area contributed by atoms with E-state index in [4.69, 9.17) is 4.65 Å². The molecule has 1 atom stereocenters. The zero-order valence-electron chi connectivity index (χ0n) is 17.1. The van der Waals surface area contributed by atoms with Crippen LogP contribution in [0.4, 0.5) is 0 Å². The van der Waals surface area contributed by atoms with Gasteiger partial charge in [-0.05, 0) is 71.4 Å². The number of aromatic nitrogens is 1. The molecule has 2 aromatic rings. The van der Waals surface area contributed by atoms with Crippen LogP contribution >= 0.6 is 0 Å². The largest absolute Gasteiger partial charge is 0.508 e. The van der Waals surface area contributed by atoms with Crippen LogP contribution in [0, 0.1) is 5.92 Å². The van der Waals surface area contributed by atoms with Crippen molar-refractivity contribution in [2.75, 3.05) is 0 Å². The summed E-state index contributed by atoms with van der Waals surface area (Å²) in [7, 11) is -0.775.